The minimum Gasteiger partial charge on any atom is -0.508 e. The van der Waals surface area contributed by atoms with Crippen LogP contribution in [0.5, 0.6) is 11.5 Å². The average molecular weight is 420 g/mol. The predicted molar refractivity (Wildman–Crippen MR) is 135 cm³/mol. The van der Waals surface area contributed by atoms with E-state index >= 15 is 0 Å². The lowest BCUT2D eigenvalue weighted by Gasteiger charge is -2.19. The molecule has 4 aromatic carbocycles. The summed E-state index contributed by atoms with van der Waals surface area (Å²) in [5.41, 5.74) is 6.54. The van der Waals surface area contributed by atoms with Gasteiger partial charge in [-0.05, 0) is 70.8 Å². The highest BCUT2D eigenvalue weighted by atomic mass is 16.3. The average Bonchev–Trinajstić information content (AvgIpc) is 2.83. The van der Waals surface area contributed by atoms with Gasteiger partial charge < -0.3 is 15.1 Å². The fourth-order valence-corrected chi connectivity index (χ4v) is 3.32. The van der Waals surface area contributed by atoms with E-state index in [1.807, 2.05) is 36.4 Å². The molecular weight excluding hydrogens is 394 g/mol. The van der Waals surface area contributed by atoms with Gasteiger partial charge in [0.1, 0.15) is 11.5 Å². The second-order valence-corrected chi connectivity index (χ2v) is 7.59. The van der Waals surface area contributed by atoms with Crippen molar-refractivity contribution in [3.8, 4) is 11.5 Å². The summed E-state index contributed by atoms with van der Waals surface area (Å²) >= 11 is 0. The minimum atomic E-state index is 0.274. The molecular formula is C29H25NO2. The normalized spacial score (nSPS) is 11.3. The quantitative estimate of drug-likeness (QED) is 0.325. The van der Waals surface area contributed by atoms with Gasteiger partial charge in [-0.2, -0.15) is 0 Å². The van der Waals surface area contributed by atoms with Crippen LogP contribution in [0.15, 0.2) is 97.1 Å². The largest absolute Gasteiger partial charge is 0.508 e. The van der Waals surface area contributed by atoms with Gasteiger partial charge in [-0.1, -0.05) is 72.8 Å². The smallest absolute Gasteiger partial charge is 0.115 e. The van der Waals surface area contributed by atoms with E-state index < -0.39 is 0 Å². The molecule has 0 spiro atoms. The zero-order chi connectivity index (χ0) is 22.3. The first-order chi connectivity index (χ1) is 15.6. The van der Waals surface area contributed by atoms with Gasteiger partial charge >= 0.3 is 0 Å². The number of phenolic OH excluding ortho intramolecular Hbond substituents is 2. The van der Waals surface area contributed by atoms with E-state index in [-0.39, 0.29) is 11.5 Å². The summed E-state index contributed by atoms with van der Waals surface area (Å²) in [5.74, 6) is 0.548. The SMILES string of the molecule is CN(c1ccc(C=Cc2ccc(O)cc2)cc1)c1ccc(C=Cc2ccc(O)cc2)cc1. The third kappa shape index (κ3) is 5.46. The number of hydrogen-bond donors (Lipinski definition) is 2. The molecule has 0 aromatic heterocycles. The van der Waals surface area contributed by atoms with E-state index in [1.54, 1.807) is 24.3 Å². The standard InChI is InChI=1S/C29H25NO2/c1-30(26-14-6-22(7-15-26)2-4-24-10-18-28(31)19-11-24)27-16-8-23(9-17-27)3-5-25-12-20-29(32)21-13-25/h2-21,31-32H,1H3. The Morgan fingerprint density at radius 1 is 0.438 bits per heavy atom. The van der Waals surface area contributed by atoms with Gasteiger partial charge in [0.2, 0.25) is 0 Å². The Kier molecular flexibility index (Phi) is 6.38. The number of rotatable bonds is 6. The fourth-order valence-electron chi connectivity index (χ4n) is 3.32. The molecule has 0 unspecified atom stereocenters. The van der Waals surface area contributed by atoms with Crippen LogP contribution in [-0.4, -0.2) is 17.3 Å². The highest BCUT2D eigenvalue weighted by Gasteiger charge is 2.03. The number of anilines is 2. The highest BCUT2D eigenvalue weighted by Crippen LogP contribution is 2.25. The maximum Gasteiger partial charge on any atom is 0.115 e. The van der Waals surface area contributed by atoms with Crippen molar-refractivity contribution in [3.63, 3.8) is 0 Å². The van der Waals surface area contributed by atoms with Crippen LogP contribution in [-0.2, 0) is 0 Å². The minimum absolute atomic E-state index is 0.274. The first-order valence-electron chi connectivity index (χ1n) is 10.4. The molecule has 4 aromatic rings. The van der Waals surface area contributed by atoms with Gasteiger partial charge in [-0.15, -0.1) is 0 Å². The molecule has 3 nitrogen and oxygen atoms in total. The predicted octanol–water partition coefficient (Wildman–Crippen LogP) is 7.21. The lowest BCUT2D eigenvalue weighted by molar-refractivity contribution is 0.474. The molecule has 0 amide bonds. The van der Waals surface area contributed by atoms with Crippen LogP contribution in [0.1, 0.15) is 22.3 Å². The van der Waals surface area contributed by atoms with E-state index in [1.165, 1.54) is 0 Å². The molecule has 0 fully saturated rings. The number of aromatic hydroxyl groups is 2. The van der Waals surface area contributed by atoms with E-state index in [9.17, 15) is 10.2 Å². The Labute approximate surface area is 188 Å². The van der Waals surface area contributed by atoms with E-state index in [0.29, 0.717) is 0 Å². The molecule has 4 rings (SSSR count). The Balaban J connectivity index is 1.40. The highest BCUT2D eigenvalue weighted by molar-refractivity contribution is 5.73. The van der Waals surface area contributed by atoms with Crippen LogP contribution in [0.4, 0.5) is 11.4 Å². The molecule has 0 saturated carbocycles. The van der Waals surface area contributed by atoms with Gasteiger partial charge in [0, 0.05) is 18.4 Å². The molecule has 0 radical (unpaired) electrons. The Bertz CT molecular complexity index is 1110. The van der Waals surface area contributed by atoms with Crippen LogP contribution in [0.3, 0.4) is 0 Å². The monoisotopic (exact) mass is 419 g/mol. The van der Waals surface area contributed by atoms with Crippen molar-refractivity contribution in [3.05, 3.63) is 119 Å². The van der Waals surface area contributed by atoms with Gasteiger partial charge in [0.15, 0.2) is 0 Å². The first-order valence-corrected chi connectivity index (χ1v) is 10.4. The van der Waals surface area contributed by atoms with Gasteiger partial charge in [0.05, 0.1) is 0 Å². The van der Waals surface area contributed by atoms with Crippen LogP contribution >= 0.6 is 0 Å². The summed E-state index contributed by atoms with van der Waals surface area (Å²) in [5, 5.41) is 18.8. The van der Waals surface area contributed by atoms with Gasteiger partial charge in [-0.3, -0.25) is 0 Å². The zero-order valence-corrected chi connectivity index (χ0v) is 17.9. The lowest BCUT2D eigenvalue weighted by Crippen LogP contribution is -2.08. The van der Waals surface area contributed by atoms with Crippen molar-refractivity contribution < 1.29 is 10.2 Å². The van der Waals surface area contributed by atoms with E-state index in [4.69, 9.17) is 0 Å². The fraction of sp³-hybridized carbons (Fsp3) is 0.0345. The molecule has 158 valence electrons. The van der Waals surface area contributed by atoms with E-state index in [2.05, 4.69) is 72.6 Å². The zero-order valence-electron chi connectivity index (χ0n) is 17.9. The third-order valence-electron chi connectivity index (χ3n) is 5.28. The molecule has 0 aliphatic heterocycles. The van der Waals surface area contributed by atoms with Crippen molar-refractivity contribution in [2.45, 2.75) is 0 Å². The van der Waals surface area contributed by atoms with Crippen molar-refractivity contribution >= 4 is 35.7 Å². The summed E-state index contributed by atoms with van der Waals surface area (Å²) < 4.78 is 0. The molecule has 2 N–H and O–H groups in total. The van der Waals surface area contributed by atoms with Gasteiger partial charge in [-0.25, -0.2) is 0 Å². The number of hydrogen-bond acceptors (Lipinski definition) is 3. The molecule has 0 bridgehead atoms. The lowest BCUT2D eigenvalue weighted by atomic mass is 10.1. The summed E-state index contributed by atoms with van der Waals surface area (Å²) in [6.07, 6.45) is 8.18. The molecule has 0 heterocycles. The Morgan fingerprint density at radius 3 is 0.969 bits per heavy atom. The molecule has 0 aliphatic rings. The van der Waals surface area contributed by atoms with Crippen molar-refractivity contribution in [2.24, 2.45) is 0 Å². The summed E-state index contributed by atoms with van der Waals surface area (Å²) in [4.78, 5) is 2.15. The third-order valence-corrected chi connectivity index (χ3v) is 5.28. The van der Waals surface area contributed by atoms with Crippen LogP contribution < -0.4 is 4.90 Å². The van der Waals surface area contributed by atoms with Crippen LogP contribution in [0, 0.1) is 0 Å². The molecule has 0 atom stereocenters. The van der Waals surface area contributed by atoms with Gasteiger partial charge in [0.25, 0.3) is 0 Å². The molecule has 3 heteroatoms. The topological polar surface area (TPSA) is 43.7 Å². The van der Waals surface area contributed by atoms with E-state index in [0.717, 1.165) is 33.6 Å². The molecule has 0 aliphatic carbocycles. The van der Waals surface area contributed by atoms with Crippen LogP contribution in [0.25, 0.3) is 24.3 Å². The van der Waals surface area contributed by atoms with Crippen molar-refractivity contribution in [1.82, 2.24) is 0 Å². The number of nitrogens with zero attached hydrogens (tertiary/aromatic N) is 1. The second-order valence-electron chi connectivity index (χ2n) is 7.59. The maximum atomic E-state index is 9.38. The summed E-state index contributed by atoms with van der Waals surface area (Å²) in [6.45, 7) is 0. The number of benzene rings is 4. The Morgan fingerprint density at radius 2 is 0.688 bits per heavy atom. The van der Waals surface area contributed by atoms with Crippen LogP contribution in [0.2, 0.25) is 0 Å². The van der Waals surface area contributed by atoms with Crippen molar-refractivity contribution in [1.29, 1.82) is 0 Å². The number of phenols is 2. The second kappa shape index (κ2) is 9.71. The van der Waals surface area contributed by atoms with Crippen molar-refractivity contribution in [2.75, 3.05) is 11.9 Å². The molecule has 32 heavy (non-hydrogen) atoms. The Hall–Kier alpha value is -4.24. The summed E-state index contributed by atoms with van der Waals surface area (Å²) in [7, 11) is 2.06. The maximum absolute atomic E-state index is 9.38. The molecule has 0 saturated heterocycles. The summed E-state index contributed by atoms with van der Waals surface area (Å²) in [6, 6.07) is 31.1. The first kappa shape index (κ1) is 21.0.